The Bertz CT molecular complexity index is 39.0. The molecule has 0 aromatic rings. The molecule has 0 aromatic carbocycles. The summed E-state index contributed by atoms with van der Waals surface area (Å²) < 4.78 is 5.36. The van der Waals surface area contributed by atoms with Gasteiger partial charge < -0.3 is 9.85 Å². The van der Waals surface area contributed by atoms with E-state index in [0.29, 0.717) is 0 Å². The highest BCUT2D eigenvalue weighted by Gasteiger charge is 1.84. The van der Waals surface area contributed by atoms with Gasteiger partial charge in [0.2, 0.25) is 0 Å². The van der Waals surface area contributed by atoms with Gasteiger partial charge in [-0.15, -0.1) is 0 Å². The minimum absolute atomic E-state index is 0.0931. The van der Waals surface area contributed by atoms with Gasteiger partial charge in [0.05, 0.1) is 0 Å². The Morgan fingerprint density at radius 3 is 2.88 bits per heavy atom. The van der Waals surface area contributed by atoms with Crippen LogP contribution >= 0.6 is 0 Å². The fourth-order valence-electron chi connectivity index (χ4n) is 0.493. The second kappa shape index (κ2) is 7.35. The van der Waals surface area contributed by atoms with Crippen LogP contribution in [0.4, 0.5) is 0 Å². The summed E-state index contributed by atoms with van der Waals surface area (Å²) in [6, 6.07) is 1.28. The molecule has 0 aliphatic carbocycles. The third-order valence-electron chi connectivity index (χ3n) is 0.947. The van der Waals surface area contributed by atoms with E-state index in [-0.39, 0.29) is 19.5 Å². The van der Waals surface area contributed by atoms with Gasteiger partial charge in [-0.1, -0.05) is 6.55 Å². The molecule has 0 unspecified atom stereocenters. The zero-order chi connectivity index (χ0) is 6.24. The Labute approximate surface area is 55.7 Å². The molecular formula is C4H15NOSi2. The highest BCUT2D eigenvalue weighted by molar-refractivity contribution is 6.41. The van der Waals surface area contributed by atoms with Gasteiger partial charge in [0, 0.05) is 0 Å². The second-order valence-corrected chi connectivity index (χ2v) is 5.02. The number of nitrogens with two attached hydrogens (primary N) is 1. The van der Waals surface area contributed by atoms with Crippen LogP contribution in [-0.2, 0) is 4.12 Å². The van der Waals surface area contributed by atoms with E-state index in [4.69, 9.17) is 9.85 Å². The van der Waals surface area contributed by atoms with Crippen LogP contribution < -0.4 is 5.73 Å². The fourth-order valence-corrected chi connectivity index (χ4v) is 2.96. The van der Waals surface area contributed by atoms with E-state index in [2.05, 4.69) is 6.55 Å². The molecule has 0 amide bonds. The Balaban J connectivity index is 2.53. The smallest absolute Gasteiger partial charge is 0.146 e. The van der Waals surface area contributed by atoms with E-state index < -0.39 is 0 Å². The summed E-state index contributed by atoms with van der Waals surface area (Å²) >= 11 is 0. The van der Waals surface area contributed by atoms with E-state index in [1.54, 1.807) is 0 Å². The molecule has 0 aromatic heterocycles. The third-order valence-corrected chi connectivity index (χ3v) is 4.52. The van der Waals surface area contributed by atoms with Crippen molar-refractivity contribution in [3.8, 4) is 0 Å². The van der Waals surface area contributed by atoms with Crippen LogP contribution in [0.1, 0.15) is 6.42 Å². The molecule has 0 rings (SSSR count). The zero-order valence-corrected chi connectivity index (χ0v) is 8.35. The first kappa shape index (κ1) is 8.35. The summed E-state index contributed by atoms with van der Waals surface area (Å²) in [7, 11) is -0.211. The normalized spacial score (nSPS) is 12.8. The molecule has 0 heterocycles. The lowest BCUT2D eigenvalue weighted by molar-refractivity contribution is 0.637. The van der Waals surface area contributed by atoms with Gasteiger partial charge in [0.15, 0.2) is 0 Å². The number of hydrogen-bond donors (Lipinski definition) is 1. The lowest BCUT2D eigenvalue weighted by Gasteiger charge is -1.96. The fraction of sp³-hybridized carbons (Fsp3) is 1.00. The minimum atomic E-state index is -0.118. The number of hydrogen-bond acceptors (Lipinski definition) is 2. The highest BCUT2D eigenvalue weighted by atomic mass is 28.3. The van der Waals surface area contributed by atoms with Crippen molar-refractivity contribution in [3.05, 3.63) is 0 Å². The SMILES string of the molecule is C[SiH2]O[SiH2]CCCN. The van der Waals surface area contributed by atoms with Crippen LogP contribution in [0.25, 0.3) is 0 Å². The van der Waals surface area contributed by atoms with E-state index in [9.17, 15) is 0 Å². The first-order chi connectivity index (χ1) is 3.91. The van der Waals surface area contributed by atoms with Crippen LogP contribution in [0.3, 0.4) is 0 Å². The van der Waals surface area contributed by atoms with Crippen molar-refractivity contribution in [1.82, 2.24) is 0 Å². The lowest BCUT2D eigenvalue weighted by Crippen LogP contribution is -2.04. The molecule has 2 nitrogen and oxygen atoms in total. The quantitative estimate of drug-likeness (QED) is 0.401. The molecule has 0 fully saturated rings. The van der Waals surface area contributed by atoms with Crippen molar-refractivity contribution in [1.29, 1.82) is 0 Å². The number of rotatable bonds is 5. The molecule has 4 heteroatoms. The standard InChI is InChI=1S/C4H15NOSi2/c1-7-6-8-4-2-3-5/h2-5,7-8H2,1H3. The Morgan fingerprint density at radius 2 is 2.38 bits per heavy atom. The predicted octanol–water partition coefficient (Wildman–Crippen LogP) is -1.01. The molecule has 0 aliphatic rings. The first-order valence-electron chi connectivity index (χ1n) is 3.19. The first-order valence-corrected chi connectivity index (χ1v) is 6.76. The van der Waals surface area contributed by atoms with Gasteiger partial charge >= 0.3 is 0 Å². The van der Waals surface area contributed by atoms with Gasteiger partial charge in [-0.3, -0.25) is 0 Å². The van der Waals surface area contributed by atoms with Crippen molar-refractivity contribution >= 4 is 19.5 Å². The maximum absolute atomic E-state index is 5.36. The van der Waals surface area contributed by atoms with Crippen LogP contribution in [0, 0.1) is 0 Å². The zero-order valence-electron chi connectivity index (χ0n) is 5.52. The van der Waals surface area contributed by atoms with Gasteiger partial charge in [0.1, 0.15) is 19.5 Å². The monoisotopic (exact) mass is 149 g/mol. The van der Waals surface area contributed by atoms with Crippen LogP contribution in [0.15, 0.2) is 0 Å². The topological polar surface area (TPSA) is 35.2 Å². The van der Waals surface area contributed by atoms with Gasteiger partial charge in [0.25, 0.3) is 0 Å². The molecule has 0 atom stereocenters. The molecule has 8 heavy (non-hydrogen) atoms. The van der Waals surface area contributed by atoms with Gasteiger partial charge in [-0.2, -0.15) is 0 Å². The van der Waals surface area contributed by atoms with Crippen LogP contribution in [0.2, 0.25) is 12.6 Å². The van der Waals surface area contributed by atoms with Crippen LogP contribution in [-0.4, -0.2) is 26.1 Å². The molecule has 0 saturated carbocycles. The molecule has 2 N–H and O–H groups in total. The molecule has 50 valence electrons. The molecular weight excluding hydrogens is 134 g/mol. The van der Waals surface area contributed by atoms with Gasteiger partial charge in [-0.25, -0.2) is 0 Å². The largest absolute Gasteiger partial charge is 0.465 e. The Hall–Kier alpha value is 0.354. The van der Waals surface area contributed by atoms with E-state index >= 15 is 0 Å². The van der Waals surface area contributed by atoms with Crippen molar-refractivity contribution in [2.24, 2.45) is 5.73 Å². The summed E-state index contributed by atoms with van der Waals surface area (Å²) in [6.07, 6.45) is 1.17. The Morgan fingerprint density at radius 1 is 1.62 bits per heavy atom. The van der Waals surface area contributed by atoms with Crippen molar-refractivity contribution in [2.45, 2.75) is 19.0 Å². The summed E-state index contributed by atoms with van der Waals surface area (Å²) in [5.41, 5.74) is 5.29. The van der Waals surface area contributed by atoms with Crippen LogP contribution in [0.5, 0.6) is 0 Å². The average molecular weight is 149 g/mol. The van der Waals surface area contributed by atoms with E-state index in [1.165, 1.54) is 12.5 Å². The predicted molar refractivity (Wildman–Crippen MR) is 42.5 cm³/mol. The molecule has 0 saturated heterocycles. The molecule has 0 aliphatic heterocycles. The molecule has 0 spiro atoms. The molecule has 0 radical (unpaired) electrons. The minimum Gasteiger partial charge on any atom is -0.465 e. The lowest BCUT2D eigenvalue weighted by atomic mass is 10.5. The summed E-state index contributed by atoms with van der Waals surface area (Å²) in [6.45, 7) is 3.01. The summed E-state index contributed by atoms with van der Waals surface area (Å²) in [4.78, 5) is 0. The van der Waals surface area contributed by atoms with E-state index in [0.717, 1.165) is 6.54 Å². The summed E-state index contributed by atoms with van der Waals surface area (Å²) in [5, 5.41) is 0. The highest BCUT2D eigenvalue weighted by Crippen LogP contribution is 1.83. The van der Waals surface area contributed by atoms with E-state index in [1.807, 2.05) is 0 Å². The average Bonchev–Trinajstić information content (AvgIpc) is 1.81. The summed E-state index contributed by atoms with van der Waals surface area (Å²) in [5.74, 6) is 0. The van der Waals surface area contributed by atoms with Crippen molar-refractivity contribution in [2.75, 3.05) is 6.54 Å². The maximum atomic E-state index is 5.36. The van der Waals surface area contributed by atoms with Gasteiger partial charge in [-0.05, 0) is 19.0 Å². The Kier molecular flexibility index (Phi) is 7.68. The van der Waals surface area contributed by atoms with Crippen molar-refractivity contribution < 1.29 is 4.12 Å². The second-order valence-electron chi connectivity index (χ2n) is 1.69. The van der Waals surface area contributed by atoms with Crippen molar-refractivity contribution in [3.63, 3.8) is 0 Å². The molecule has 0 bridgehead atoms. The third kappa shape index (κ3) is 6.35. The maximum Gasteiger partial charge on any atom is 0.146 e.